The number of ether oxygens (including phenoxy) is 1. The van der Waals surface area contributed by atoms with Gasteiger partial charge >= 0.3 is 5.97 Å². The van der Waals surface area contributed by atoms with Crippen molar-refractivity contribution in [3.8, 4) is 0 Å². The summed E-state index contributed by atoms with van der Waals surface area (Å²) in [7, 11) is -2.61. The Balaban J connectivity index is 2.04. The predicted molar refractivity (Wildman–Crippen MR) is 106 cm³/mol. The van der Waals surface area contributed by atoms with Crippen molar-refractivity contribution in [2.24, 2.45) is 5.92 Å². The van der Waals surface area contributed by atoms with Gasteiger partial charge in [0.15, 0.2) is 0 Å². The van der Waals surface area contributed by atoms with Crippen LogP contribution in [0.5, 0.6) is 0 Å². The summed E-state index contributed by atoms with van der Waals surface area (Å²) in [5, 5.41) is 2.71. The molecule has 0 bridgehead atoms. The molecule has 0 aliphatic carbocycles. The van der Waals surface area contributed by atoms with Crippen LogP contribution in [0.4, 0.5) is 0 Å². The van der Waals surface area contributed by atoms with E-state index < -0.39 is 21.8 Å². The van der Waals surface area contributed by atoms with Crippen LogP contribution in [0.15, 0.2) is 59.5 Å². The van der Waals surface area contributed by atoms with Gasteiger partial charge in [-0.25, -0.2) is 8.42 Å². The summed E-state index contributed by atoms with van der Waals surface area (Å²) < 4.78 is 28.8. The molecule has 0 aliphatic rings. The van der Waals surface area contributed by atoms with E-state index in [-0.39, 0.29) is 29.6 Å². The Morgan fingerprint density at radius 2 is 1.69 bits per heavy atom. The van der Waals surface area contributed by atoms with E-state index >= 15 is 0 Å². The van der Waals surface area contributed by atoms with Gasteiger partial charge in [0.1, 0.15) is 0 Å². The first-order valence-corrected chi connectivity index (χ1v) is 10.5. The number of sulfonamides is 1. The topological polar surface area (TPSA) is 111 Å². The number of esters is 1. The third kappa shape index (κ3) is 6.67. The van der Waals surface area contributed by atoms with E-state index in [4.69, 9.17) is 4.74 Å². The molecule has 2 N–H and O–H groups in total. The Bertz CT molecular complexity index is 914. The maximum atomic E-state index is 12.4. The van der Waals surface area contributed by atoms with Gasteiger partial charge in [0.05, 0.1) is 24.5 Å². The molecule has 2 aromatic carbocycles. The monoisotopic (exact) mass is 420 g/mol. The van der Waals surface area contributed by atoms with Crippen LogP contribution in [0, 0.1) is 5.92 Å². The molecule has 0 aliphatic heterocycles. The minimum Gasteiger partial charge on any atom is -0.466 e. The van der Waals surface area contributed by atoms with Crippen LogP contribution in [0.2, 0.25) is 0 Å². The zero-order valence-corrected chi connectivity index (χ0v) is 17.1. The molecular formula is C20H24N2O6S. The molecule has 1 atom stereocenters. The number of nitrogens with one attached hydrogen (secondary N) is 2. The Morgan fingerprint density at radius 1 is 1.03 bits per heavy atom. The quantitative estimate of drug-likeness (QED) is 0.447. The SMILES string of the molecule is CCOC(=O)C(CNC(=O)c1ccc(S(=O)(=O)NOC)cc1)Cc1ccccc1. The molecule has 1 amide bonds. The van der Waals surface area contributed by atoms with Crippen LogP contribution in [0.25, 0.3) is 0 Å². The molecule has 0 fully saturated rings. The van der Waals surface area contributed by atoms with Crippen LogP contribution in [-0.2, 0) is 30.8 Å². The van der Waals surface area contributed by atoms with E-state index in [1.165, 1.54) is 31.4 Å². The molecule has 2 aromatic rings. The highest BCUT2D eigenvalue weighted by molar-refractivity contribution is 7.89. The molecule has 0 spiro atoms. The first-order chi connectivity index (χ1) is 13.9. The van der Waals surface area contributed by atoms with Gasteiger partial charge in [0.2, 0.25) is 0 Å². The van der Waals surface area contributed by atoms with Crippen molar-refractivity contribution in [2.75, 3.05) is 20.3 Å². The van der Waals surface area contributed by atoms with Crippen molar-refractivity contribution in [3.63, 3.8) is 0 Å². The molecule has 0 aromatic heterocycles. The van der Waals surface area contributed by atoms with E-state index in [1.807, 2.05) is 35.2 Å². The predicted octanol–water partition coefficient (Wildman–Crippen LogP) is 1.68. The van der Waals surface area contributed by atoms with Gasteiger partial charge in [-0.2, -0.15) is 0 Å². The fourth-order valence-corrected chi connectivity index (χ4v) is 3.47. The van der Waals surface area contributed by atoms with Crippen molar-refractivity contribution < 1.29 is 27.6 Å². The lowest BCUT2D eigenvalue weighted by Crippen LogP contribution is -2.35. The fourth-order valence-electron chi connectivity index (χ4n) is 2.66. The smallest absolute Gasteiger partial charge is 0.311 e. The number of benzene rings is 2. The van der Waals surface area contributed by atoms with Gasteiger partial charge in [0.25, 0.3) is 15.9 Å². The second-order valence-corrected chi connectivity index (χ2v) is 7.81. The zero-order chi connectivity index (χ0) is 21.3. The summed E-state index contributed by atoms with van der Waals surface area (Å²) in [6.07, 6.45) is 0.430. The summed E-state index contributed by atoms with van der Waals surface area (Å²) >= 11 is 0. The number of carbonyl (C=O) groups is 2. The summed E-state index contributed by atoms with van der Waals surface area (Å²) in [5.74, 6) is -1.34. The van der Waals surface area contributed by atoms with Crippen LogP contribution >= 0.6 is 0 Å². The number of hydrogen-bond acceptors (Lipinski definition) is 6. The number of rotatable bonds is 10. The third-order valence-corrected chi connectivity index (χ3v) is 5.35. The van der Waals surface area contributed by atoms with Crippen LogP contribution < -0.4 is 10.2 Å². The Labute approximate surface area is 170 Å². The zero-order valence-electron chi connectivity index (χ0n) is 16.3. The van der Waals surface area contributed by atoms with Crippen molar-refractivity contribution in [1.29, 1.82) is 0 Å². The number of amides is 1. The second-order valence-electron chi connectivity index (χ2n) is 6.16. The molecule has 0 radical (unpaired) electrons. The lowest BCUT2D eigenvalue weighted by molar-refractivity contribution is -0.147. The van der Waals surface area contributed by atoms with Crippen LogP contribution in [0.3, 0.4) is 0 Å². The highest BCUT2D eigenvalue weighted by Crippen LogP contribution is 2.13. The van der Waals surface area contributed by atoms with Gasteiger partial charge in [-0.1, -0.05) is 35.2 Å². The van der Waals surface area contributed by atoms with Gasteiger partial charge in [-0.3, -0.25) is 14.4 Å². The first-order valence-electron chi connectivity index (χ1n) is 9.01. The molecule has 0 saturated heterocycles. The van der Waals surface area contributed by atoms with E-state index in [1.54, 1.807) is 6.92 Å². The lowest BCUT2D eigenvalue weighted by Gasteiger charge is -2.16. The Hall–Kier alpha value is -2.75. The van der Waals surface area contributed by atoms with Crippen LogP contribution in [0.1, 0.15) is 22.8 Å². The van der Waals surface area contributed by atoms with Gasteiger partial charge in [0, 0.05) is 12.1 Å². The normalized spacial score (nSPS) is 12.2. The molecule has 1 unspecified atom stereocenters. The first kappa shape index (κ1) is 22.5. The molecular weight excluding hydrogens is 396 g/mol. The summed E-state index contributed by atoms with van der Waals surface area (Å²) in [6.45, 7) is 2.07. The maximum Gasteiger partial charge on any atom is 0.311 e. The summed E-state index contributed by atoms with van der Waals surface area (Å²) in [5.41, 5.74) is 1.23. The number of carbonyl (C=O) groups excluding carboxylic acids is 2. The largest absolute Gasteiger partial charge is 0.466 e. The van der Waals surface area contributed by atoms with E-state index in [0.717, 1.165) is 5.56 Å². The molecule has 29 heavy (non-hydrogen) atoms. The van der Waals surface area contributed by atoms with Gasteiger partial charge in [-0.05, 0) is 43.2 Å². The lowest BCUT2D eigenvalue weighted by atomic mass is 9.99. The van der Waals surface area contributed by atoms with E-state index in [9.17, 15) is 18.0 Å². The Morgan fingerprint density at radius 3 is 2.28 bits per heavy atom. The minimum atomic E-state index is -3.80. The number of hydrogen-bond donors (Lipinski definition) is 2. The molecule has 9 heteroatoms. The second kappa shape index (κ2) is 10.7. The van der Waals surface area contributed by atoms with Crippen molar-refractivity contribution >= 4 is 21.9 Å². The highest BCUT2D eigenvalue weighted by Gasteiger charge is 2.22. The van der Waals surface area contributed by atoms with Crippen LogP contribution in [-0.4, -0.2) is 40.6 Å². The third-order valence-electron chi connectivity index (χ3n) is 4.07. The summed E-state index contributed by atoms with van der Waals surface area (Å²) in [4.78, 5) is 31.0. The molecule has 0 saturated carbocycles. The Kier molecular flexibility index (Phi) is 8.32. The molecule has 0 heterocycles. The summed E-state index contributed by atoms with van der Waals surface area (Å²) in [6, 6.07) is 14.8. The highest BCUT2D eigenvalue weighted by atomic mass is 32.2. The maximum absolute atomic E-state index is 12.4. The standard InChI is InChI=1S/C20H24N2O6S/c1-3-28-20(24)17(13-15-7-5-4-6-8-15)14-21-19(23)16-9-11-18(12-10-16)29(25,26)22-27-2/h4-12,17,22H,3,13-14H2,1-2H3,(H,21,23). The molecule has 2 rings (SSSR count). The minimum absolute atomic E-state index is 0.0376. The van der Waals surface area contributed by atoms with Crippen molar-refractivity contribution in [3.05, 3.63) is 65.7 Å². The van der Waals surface area contributed by atoms with Gasteiger partial charge in [-0.15, -0.1) is 0 Å². The van der Waals surface area contributed by atoms with Crippen molar-refractivity contribution in [2.45, 2.75) is 18.2 Å². The molecule has 156 valence electrons. The van der Waals surface area contributed by atoms with E-state index in [2.05, 4.69) is 10.2 Å². The van der Waals surface area contributed by atoms with E-state index in [0.29, 0.717) is 6.42 Å². The van der Waals surface area contributed by atoms with Crippen molar-refractivity contribution in [1.82, 2.24) is 10.2 Å². The average Bonchev–Trinajstić information content (AvgIpc) is 2.72. The van der Waals surface area contributed by atoms with Gasteiger partial charge < -0.3 is 10.1 Å². The average molecular weight is 420 g/mol. The molecule has 8 nitrogen and oxygen atoms in total. The fraction of sp³-hybridized carbons (Fsp3) is 0.300.